The Kier molecular flexibility index (Phi) is 4.10. The van der Waals surface area contributed by atoms with E-state index in [-0.39, 0.29) is 5.91 Å². The predicted octanol–water partition coefficient (Wildman–Crippen LogP) is 1.53. The van der Waals surface area contributed by atoms with Crippen molar-refractivity contribution in [1.82, 2.24) is 9.80 Å². The first-order valence-corrected chi connectivity index (χ1v) is 6.72. The lowest BCUT2D eigenvalue weighted by atomic mass is 10.1. The Bertz CT molecular complexity index is 456. The molecule has 4 nitrogen and oxygen atoms in total. The molecule has 104 valence electrons. The molecule has 1 unspecified atom stereocenters. The second-order valence-electron chi connectivity index (χ2n) is 5.57. The normalized spacial score (nSPS) is 19.0. The zero-order valence-electron chi connectivity index (χ0n) is 12.3. The predicted molar refractivity (Wildman–Crippen MR) is 78.8 cm³/mol. The Hall–Kier alpha value is -1.55. The van der Waals surface area contributed by atoms with Crippen LogP contribution in [0.2, 0.25) is 0 Å². The van der Waals surface area contributed by atoms with Crippen LogP contribution in [0.25, 0.3) is 0 Å². The van der Waals surface area contributed by atoms with E-state index in [1.165, 1.54) is 0 Å². The highest BCUT2D eigenvalue weighted by atomic mass is 16.2. The summed E-state index contributed by atoms with van der Waals surface area (Å²) < 4.78 is 0. The van der Waals surface area contributed by atoms with Gasteiger partial charge in [-0.25, -0.2) is 0 Å². The van der Waals surface area contributed by atoms with Crippen LogP contribution in [-0.4, -0.2) is 63.0 Å². The Labute approximate surface area is 115 Å². The molecule has 2 rings (SSSR count). The SMILES string of the molecule is CN(C)c1ccccc1C(=O)N1CCC(N(C)C)C1. The Morgan fingerprint density at radius 1 is 1.21 bits per heavy atom. The summed E-state index contributed by atoms with van der Waals surface area (Å²) in [7, 11) is 8.09. The number of para-hydroxylation sites is 1. The molecular weight excluding hydrogens is 238 g/mol. The average molecular weight is 261 g/mol. The molecule has 0 saturated carbocycles. The minimum Gasteiger partial charge on any atom is -0.377 e. The summed E-state index contributed by atoms with van der Waals surface area (Å²) in [6, 6.07) is 8.29. The van der Waals surface area contributed by atoms with Gasteiger partial charge in [-0.2, -0.15) is 0 Å². The minimum atomic E-state index is 0.147. The van der Waals surface area contributed by atoms with Gasteiger partial charge in [0, 0.05) is 38.9 Å². The molecule has 0 spiro atoms. The van der Waals surface area contributed by atoms with Crippen molar-refractivity contribution >= 4 is 11.6 Å². The fraction of sp³-hybridized carbons (Fsp3) is 0.533. The van der Waals surface area contributed by atoms with Crippen LogP contribution in [0.3, 0.4) is 0 Å². The second kappa shape index (κ2) is 5.61. The van der Waals surface area contributed by atoms with Gasteiger partial charge in [-0.1, -0.05) is 12.1 Å². The second-order valence-corrected chi connectivity index (χ2v) is 5.57. The average Bonchev–Trinajstić information content (AvgIpc) is 2.87. The number of nitrogens with zero attached hydrogens (tertiary/aromatic N) is 3. The summed E-state index contributed by atoms with van der Waals surface area (Å²) in [5.41, 5.74) is 1.78. The molecule has 0 aromatic heterocycles. The number of likely N-dealkylation sites (tertiary alicyclic amines) is 1. The first-order chi connectivity index (χ1) is 9.00. The van der Waals surface area contributed by atoms with E-state index in [1.807, 2.05) is 48.2 Å². The van der Waals surface area contributed by atoms with Crippen molar-refractivity contribution < 1.29 is 4.79 Å². The molecule has 19 heavy (non-hydrogen) atoms. The summed E-state index contributed by atoms with van der Waals surface area (Å²) in [4.78, 5) is 18.8. The topological polar surface area (TPSA) is 26.8 Å². The van der Waals surface area contributed by atoms with Crippen molar-refractivity contribution in [3.05, 3.63) is 29.8 Å². The molecule has 1 aromatic carbocycles. The standard InChI is InChI=1S/C15H23N3O/c1-16(2)12-9-10-18(11-12)15(19)13-7-5-6-8-14(13)17(3)4/h5-8,12H,9-11H2,1-4H3. The molecule has 0 aliphatic carbocycles. The van der Waals surface area contributed by atoms with E-state index >= 15 is 0 Å². The Morgan fingerprint density at radius 3 is 2.47 bits per heavy atom. The lowest BCUT2D eigenvalue weighted by Crippen LogP contribution is -2.35. The van der Waals surface area contributed by atoms with Gasteiger partial charge >= 0.3 is 0 Å². The molecular formula is C15H23N3O. The van der Waals surface area contributed by atoms with Crippen molar-refractivity contribution in [2.75, 3.05) is 46.2 Å². The maximum absolute atomic E-state index is 12.6. The summed E-state index contributed by atoms with van der Waals surface area (Å²) in [5, 5.41) is 0. The van der Waals surface area contributed by atoms with Crippen LogP contribution in [0.4, 0.5) is 5.69 Å². The van der Waals surface area contributed by atoms with Gasteiger partial charge in [-0.05, 0) is 32.6 Å². The zero-order valence-corrected chi connectivity index (χ0v) is 12.3. The van der Waals surface area contributed by atoms with Crippen molar-refractivity contribution in [3.63, 3.8) is 0 Å². The minimum absolute atomic E-state index is 0.147. The lowest BCUT2D eigenvalue weighted by Gasteiger charge is -2.23. The number of benzene rings is 1. The number of amides is 1. The molecule has 1 aromatic rings. The van der Waals surface area contributed by atoms with Crippen LogP contribution in [-0.2, 0) is 0 Å². The summed E-state index contributed by atoms with van der Waals surface area (Å²) in [6.45, 7) is 1.68. The van der Waals surface area contributed by atoms with E-state index in [9.17, 15) is 4.79 Å². The lowest BCUT2D eigenvalue weighted by molar-refractivity contribution is 0.0783. The van der Waals surface area contributed by atoms with Gasteiger partial charge in [0.1, 0.15) is 0 Å². The highest BCUT2D eigenvalue weighted by Crippen LogP contribution is 2.22. The third-order valence-corrected chi connectivity index (χ3v) is 3.80. The van der Waals surface area contributed by atoms with Gasteiger partial charge < -0.3 is 14.7 Å². The number of likely N-dealkylation sites (N-methyl/N-ethyl adjacent to an activating group) is 1. The molecule has 1 aliphatic heterocycles. The van der Waals surface area contributed by atoms with E-state index in [1.54, 1.807) is 0 Å². The third kappa shape index (κ3) is 2.89. The van der Waals surface area contributed by atoms with Gasteiger partial charge in [-0.15, -0.1) is 0 Å². The molecule has 1 heterocycles. The van der Waals surface area contributed by atoms with Crippen molar-refractivity contribution in [2.24, 2.45) is 0 Å². The van der Waals surface area contributed by atoms with Crippen molar-refractivity contribution in [1.29, 1.82) is 0 Å². The molecule has 0 N–H and O–H groups in total. The number of hydrogen-bond donors (Lipinski definition) is 0. The van der Waals surface area contributed by atoms with Gasteiger partial charge in [0.15, 0.2) is 0 Å². The van der Waals surface area contributed by atoms with Crippen molar-refractivity contribution in [2.45, 2.75) is 12.5 Å². The van der Waals surface area contributed by atoms with Crippen LogP contribution in [0.5, 0.6) is 0 Å². The van der Waals surface area contributed by atoms with E-state index in [2.05, 4.69) is 19.0 Å². The maximum atomic E-state index is 12.6. The molecule has 1 amide bonds. The number of carbonyl (C=O) groups is 1. The Balaban J connectivity index is 2.17. The van der Waals surface area contributed by atoms with Gasteiger partial charge in [0.25, 0.3) is 5.91 Å². The van der Waals surface area contributed by atoms with E-state index in [0.29, 0.717) is 6.04 Å². The van der Waals surface area contributed by atoms with E-state index in [0.717, 1.165) is 30.8 Å². The monoisotopic (exact) mass is 261 g/mol. The highest BCUT2D eigenvalue weighted by molar-refractivity contribution is 5.99. The number of rotatable bonds is 3. The largest absolute Gasteiger partial charge is 0.377 e. The fourth-order valence-corrected chi connectivity index (χ4v) is 2.56. The van der Waals surface area contributed by atoms with Crippen LogP contribution < -0.4 is 4.90 Å². The summed E-state index contributed by atoms with van der Waals surface area (Å²) in [5.74, 6) is 0.147. The Morgan fingerprint density at radius 2 is 1.89 bits per heavy atom. The number of carbonyl (C=O) groups excluding carboxylic acids is 1. The first kappa shape index (κ1) is 13.9. The van der Waals surface area contributed by atoms with E-state index in [4.69, 9.17) is 0 Å². The smallest absolute Gasteiger partial charge is 0.256 e. The van der Waals surface area contributed by atoms with Crippen LogP contribution in [0.15, 0.2) is 24.3 Å². The quantitative estimate of drug-likeness (QED) is 0.825. The number of hydrogen-bond acceptors (Lipinski definition) is 3. The summed E-state index contributed by atoms with van der Waals surface area (Å²) >= 11 is 0. The molecule has 0 radical (unpaired) electrons. The van der Waals surface area contributed by atoms with Gasteiger partial charge in [0.05, 0.1) is 5.56 Å². The van der Waals surface area contributed by atoms with Crippen LogP contribution in [0.1, 0.15) is 16.8 Å². The maximum Gasteiger partial charge on any atom is 0.256 e. The van der Waals surface area contributed by atoms with Crippen LogP contribution in [0, 0.1) is 0 Å². The third-order valence-electron chi connectivity index (χ3n) is 3.80. The molecule has 1 saturated heterocycles. The zero-order chi connectivity index (χ0) is 14.0. The molecule has 1 atom stereocenters. The molecule has 0 bridgehead atoms. The molecule has 1 aliphatic rings. The van der Waals surface area contributed by atoms with Gasteiger partial charge in [-0.3, -0.25) is 4.79 Å². The number of anilines is 1. The highest BCUT2D eigenvalue weighted by Gasteiger charge is 2.29. The fourth-order valence-electron chi connectivity index (χ4n) is 2.56. The van der Waals surface area contributed by atoms with Crippen LogP contribution >= 0.6 is 0 Å². The molecule has 1 fully saturated rings. The summed E-state index contributed by atoms with van der Waals surface area (Å²) in [6.07, 6.45) is 1.06. The molecule has 4 heteroatoms. The van der Waals surface area contributed by atoms with Gasteiger partial charge in [0.2, 0.25) is 0 Å². The van der Waals surface area contributed by atoms with E-state index < -0.39 is 0 Å². The first-order valence-electron chi connectivity index (χ1n) is 6.72. The van der Waals surface area contributed by atoms with Crippen molar-refractivity contribution in [3.8, 4) is 0 Å².